The lowest BCUT2D eigenvalue weighted by Gasteiger charge is -2.14. The van der Waals surface area contributed by atoms with E-state index in [-0.39, 0.29) is 11.6 Å². The van der Waals surface area contributed by atoms with E-state index in [0.717, 1.165) is 25.6 Å². The fourth-order valence-corrected chi connectivity index (χ4v) is 3.02. The van der Waals surface area contributed by atoms with E-state index in [1.165, 1.54) is 31.1 Å². The lowest BCUT2D eigenvalue weighted by Crippen LogP contribution is -2.30. The SMILES string of the molecule is O=C(/C=C/c1cccc([N+](=O)[O-])c1)NC[C@@H]1CCN(C2CC2)C1. The van der Waals surface area contributed by atoms with Gasteiger partial charge in [0.15, 0.2) is 0 Å². The number of hydrogen-bond donors (Lipinski definition) is 1. The average Bonchev–Trinajstić information content (AvgIpc) is 3.30. The molecule has 6 nitrogen and oxygen atoms in total. The number of hydrogen-bond acceptors (Lipinski definition) is 4. The van der Waals surface area contributed by atoms with Crippen molar-refractivity contribution in [2.24, 2.45) is 5.92 Å². The number of nitrogens with zero attached hydrogens (tertiary/aromatic N) is 2. The van der Waals surface area contributed by atoms with Gasteiger partial charge >= 0.3 is 0 Å². The van der Waals surface area contributed by atoms with Crippen LogP contribution in [-0.2, 0) is 4.79 Å². The summed E-state index contributed by atoms with van der Waals surface area (Å²) in [7, 11) is 0. The van der Waals surface area contributed by atoms with E-state index in [1.54, 1.807) is 18.2 Å². The number of non-ortho nitro benzene ring substituents is 1. The maximum Gasteiger partial charge on any atom is 0.270 e. The van der Waals surface area contributed by atoms with Crippen molar-refractivity contribution in [3.05, 3.63) is 46.0 Å². The van der Waals surface area contributed by atoms with Gasteiger partial charge in [0.25, 0.3) is 5.69 Å². The van der Waals surface area contributed by atoms with Gasteiger partial charge in [-0.3, -0.25) is 14.9 Å². The second-order valence-corrected chi connectivity index (χ2v) is 6.31. The zero-order valence-corrected chi connectivity index (χ0v) is 13.0. The predicted octanol–water partition coefficient (Wildman–Crippen LogP) is 2.21. The van der Waals surface area contributed by atoms with Crippen molar-refractivity contribution < 1.29 is 9.72 Å². The highest BCUT2D eigenvalue weighted by atomic mass is 16.6. The molecule has 0 radical (unpaired) electrons. The summed E-state index contributed by atoms with van der Waals surface area (Å²) in [5.41, 5.74) is 0.675. The quantitative estimate of drug-likeness (QED) is 0.496. The molecule has 0 spiro atoms. The third-order valence-corrected chi connectivity index (χ3v) is 4.45. The fourth-order valence-electron chi connectivity index (χ4n) is 3.02. The molecule has 1 aliphatic carbocycles. The minimum absolute atomic E-state index is 0.0266. The highest BCUT2D eigenvalue weighted by Gasteiger charge is 2.34. The van der Waals surface area contributed by atoms with Crippen LogP contribution in [0, 0.1) is 16.0 Å². The number of benzene rings is 1. The summed E-state index contributed by atoms with van der Waals surface area (Å²) in [5.74, 6) is 0.382. The van der Waals surface area contributed by atoms with E-state index in [1.807, 2.05) is 0 Å². The smallest absolute Gasteiger partial charge is 0.270 e. The number of amides is 1. The molecule has 6 heteroatoms. The van der Waals surface area contributed by atoms with E-state index >= 15 is 0 Å². The molecule has 1 aromatic carbocycles. The first-order valence-corrected chi connectivity index (χ1v) is 8.06. The van der Waals surface area contributed by atoms with Crippen LogP contribution >= 0.6 is 0 Å². The van der Waals surface area contributed by atoms with E-state index in [2.05, 4.69) is 10.2 Å². The summed E-state index contributed by atoms with van der Waals surface area (Å²) in [4.78, 5) is 24.7. The van der Waals surface area contributed by atoms with Crippen molar-refractivity contribution in [3.63, 3.8) is 0 Å². The molecule has 1 aliphatic heterocycles. The van der Waals surface area contributed by atoms with Gasteiger partial charge in [-0.2, -0.15) is 0 Å². The molecule has 122 valence electrons. The molecule has 2 aliphatic rings. The van der Waals surface area contributed by atoms with E-state index in [4.69, 9.17) is 0 Å². The van der Waals surface area contributed by atoms with Crippen LogP contribution in [0.25, 0.3) is 6.08 Å². The molecule has 3 rings (SSSR count). The maximum atomic E-state index is 11.9. The molecule has 0 aromatic heterocycles. The highest BCUT2D eigenvalue weighted by Crippen LogP contribution is 2.31. The molecule has 23 heavy (non-hydrogen) atoms. The van der Waals surface area contributed by atoms with Crippen LogP contribution in [0.4, 0.5) is 5.69 Å². The van der Waals surface area contributed by atoms with Crippen LogP contribution in [0.5, 0.6) is 0 Å². The Morgan fingerprint density at radius 2 is 2.22 bits per heavy atom. The Morgan fingerprint density at radius 3 is 2.96 bits per heavy atom. The van der Waals surface area contributed by atoms with Gasteiger partial charge < -0.3 is 10.2 Å². The fraction of sp³-hybridized carbons (Fsp3) is 0.471. The van der Waals surface area contributed by atoms with Gasteiger partial charge in [0.05, 0.1) is 4.92 Å². The Labute approximate surface area is 135 Å². The zero-order chi connectivity index (χ0) is 16.2. The minimum atomic E-state index is -0.441. The van der Waals surface area contributed by atoms with Crippen molar-refractivity contribution in [3.8, 4) is 0 Å². The van der Waals surface area contributed by atoms with Crippen molar-refractivity contribution in [1.29, 1.82) is 0 Å². The van der Waals surface area contributed by atoms with Crippen molar-refractivity contribution in [2.45, 2.75) is 25.3 Å². The van der Waals surface area contributed by atoms with Crippen LogP contribution in [0.2, 0.25) is 0 Å². The molecule has 1 atom stereocenters. The van der Waals surface area contributed by atoms with Crippen LogP contribution in [0.1, 0.15) is 24.8 Å². The Balaban J connectivity index is 1.45. The van der Waals surface area contributed by atoms with Crippen molar-refractivity contribution in [1.82, 2.24) is 10.2 Å². The van der Waals surface area contributed by atoms with Gasteiger partial charge in [0, 0.05) is 37.3 Å². The van der Waals surface area contributed by atoms with E-state index in [0.29, 0.717) is 18.0 Å². The van der Waals surface area contributed by atoms with Gasteiger partial charge in [0.2, 0.25) is 5.91 Å². The first-order chi connectivity index (χ1) is 11.1. The lowest BCUT2D eigenvalue weighted by molar-refractivity contribution is -0.384. The van der Waals surface area contributed by atoms with Gasteiger partial charge in [-0.1, -0.05) is 12.1 Å². The molecule has 1 heterocycles. The van der Waals surface area contributed by atoms with Gasteiger partial charge in [-0.05, 0) is 43.4 Å². The molecule has 1 saturated heterocycles. The summed E-state index contributed by atoms with van der Waals surface area (Å²) >= 11 is 0. The second-order valence-electron chi connectivity index (χ2n) is 6.31. The first kappa shape index (κ1) is 15.7. The molecule has 0 bridgehead atoms. The van der Waals surface area contributed by atoms with Gasteiger partial charge in [-0.15, -0.1) is 0 Å². The standard InChI is InChI=1S/C17H21N3O3/c21-17(7-4-13-2-1-3-16(10-13)20(22)23)18-11-14-8-9-19(12-14)15-5-6-15/h1-4,7,10,14-15H,5-6,8-9,11-12H2,(H,18,21)/b7-4+/t14-/m0/s1. The monoisotopic (exact) mass is 315 g/mol. The van der Waals surface area contributed by atoms with Crippen molar-refractivity contribution in [2.75, 3.05) is 19.6 Å². The largest absolute Gasteiger partial charge is 0.352 e. The Morgan fingerprint density at radius 1 is 1.39 bits per heavy atom. The van der Waals surface area contributed by atoms with E-state index < -0.39 is 4.92 Å². The third kappa shape index (κ3) is 4.39. The summed E-state index contributed by atoms with van der Waals surface area (Å²) in [6.45, 7) is 2.93. The summed E-state index contributed by atoms with van der Waals surface area (Å²) in [6, 6.07) is 7.03. The van der Waals surface area contributed by atoms with Crippen LogP contribution in [0.3, 0.4) is 0 Å². The summed E-state index contributed by atoms with van der Waals surface area (Å²) in [5, 5.41) is 13.6. The Kier molecular flexibility index (Phi) is 4.71. The Bertz CT molecular complexity index is 625. The number of likely N-dealkylation sites (tertiary alicyclic amines) is 1. The van der Waals surface area contributed by atoms with Crippen LogP contribution < -0.4 is 5.32 Å². The summed E-state index contributed by atoms with van der Waals surface area (Å²) < 4.78 is 0. The number of nitrogens with one attached hydrogen (secondary N) is 1. The third-order valence-electron chi connectivity index (χ3n) is 4.45. The highest BCUT2D eigenvalue weighted by molar-refractivity contribution is 5.91. The molecule has 1 amide bonds. The first-order valence-electron chi connectivity index (χ1n) is 8.06. The van der Waals surface area contributed by atoms with Crippen molar-refractivity contribution >= 4 is 17.7 Å². The Hall–Kier alpha value is -2.21. The minimum Gasteiger partial charge on any atom is -0.352 e. The molecular formula is C17H21N3O3. The molecule has 1 aromatic rings. The number of rotatable bonds is 6. The van der Waals surface area contributed by atoms with E-state index in [9.17, 15) is 14.9 Å². The second kappa shape index (κ2) is 6.91. The molecule has 2 fully saturated rings. The van der Waals surface area contributed by atoms with Gasteiger partial charge in [0.1, 0.15) is 0 Å². The van der Waals surface area contributed by atoms with Crippen LogP contribution in [0.15, 0.2) is 30.3 Å². The number of carbonyl (C=O) groups excluding carboxylic acids is 1. The molecule has 0 unspecified atom stereocenters. The van der Waals surface area contributed by atoms with Gasteiger partial charge in [-0.25, -0.2) is 0 Å². The molecule has 1 saturated carbocycles. The predicted molar refractivity (Wildman–Crippen MR) is 87.8 cm³/mol. The lowest BCUT2D eigenvalue weighted by atomic mass is 10.1. The zero-order valence-electron chi connectivity index (χ0n) is 13.0. The number of nitro benzene ring substituents is 1. The number of nitro groups is 1. The van der Waals surface area contributed by atoms with Crippen LogP contribution in [-0.4, -0.2) is 41.4 Å². The molecular weight excluding hydrogens is 294 g/mol. The number of carbonyl (C=O) groups is 1. The average molecular weight is 315 g/mol. The topological polar surface area (TPSA) is 75.5 Å². The molecule has 1 N–H and O–H groups in total. The normalized spacial score (nSPS) is 21.7. The summed E-state index contributed by atoms with van der Waals surface area (Å²) in [6.07, 6.45) is 6.83. The maximum absolute atomic E-state index is 11.9.